The van der Waals surface area contributed by atoms with Crippen LogP contribution in [0.5, 0.6) is 0 Å². The Morgan fingerprint density at radius 2 is 1.66 bits per heavy atom. The van der Waals surface area contributed by atoms with E-state index >= 15 is 0 Å². The van der Waals surface area contributed by atoms with E-state index in [0.29, 0.717) is 32.9 Å². The molecule has 2 N–H and O–H groups in total. The third-order valence-electron chi connectivity index (χ3n) is 5.44. The Morgan fingerprint density at radius 1 is 0.969 bits per heavy atom. The van der Waals surface area contributed by atoms with Gasteiger partial charge in [0.1, 0.15) is 0 Å². The lowest BCUT2D eigenvalue weighted by molar-refractivity contribution is -0.117. The highest BCUT2D eigenvalue weighted by atomic mass is 35.5. The minimum Gasteiger partial charge on any atom is -0.326 e. The van der Waals surface area contributed by atoms with E-state index in [1.165, 1.54) is 10.6 Å². The number of amides is 2. The van der Waals surface area contributed by atoms with Gasteiger partial charge < -0.3 is 15.2 Å². The minimum absolute atomic E-state index is 0.0129. The van der Waals surface area contributed by atoms with Crippen LogP contribution >= 0.6 is 23.2 Å². The monoisotopic (exact) mass is 469 g/mol. The van der Waals surface area contributed by atoms with Crippen molar-refractivity contribution in [2.75, 3.05) is 10.6 Å². The van der Waals surface area contributed by atoms with Crippen LogP contribution < -0.4 is 16.2 Å². The van der Waals surface area contributed by atoms with Crippen molar-refractivity contribution in [1.82, 2.24) is 4.57 Å². The molecule has 164 valence electrons. The standard InChI is InChI=1S/C24H21Cl2N3O3/c1-14-10-19(14)24(32)27-17-5-3-16(4-6-17)23(31)28-18-7-9-22(30)29(13-18)12-15-2-8-20(25)21(26)11-15/h2-9,11,13-14,19H,10,12H2,1H3,(H,27,32)(H,28,31). The van der Waals surface area contributed by atoms with Gasteiger partial charge in [0.2, 0.25) is 5.91 Å². The molecule has 1 saturated carbocycles. The van der Waals surface area contributed by atoms with Crippen molar-refractivity contribution in [3.63, 3.8) is 0 Å². The van der Waals surface area contributed by atoms with Crippen molar-refractivity contribution < 1.29 is 9.59 Å². The van der Waals surface area contributed by atoms with Crippen molar-refractivity contribution in [3.8, 4) is 0 Å². The van der Waals surface area contributed by atoms with Crippen molar-refractivity contribution in [2.45, 2.75) is 19.9 Å². The van der Waals surface area contributed by atoms with E-state index in [-0.39, 0.29) is 29.8 Å². The molecule has 0 aliphatic heterocycles. The molecule has 2 aromatic carbocycles. The zero-order valence-corrected chi connectivity index (χ0v) is 18.8. The fraction of sp³-hybridized carbons (Fsp3) is 0.208. The van der Waals surface area contributed by atoms with Crippen LogP contribution in [0.3, 0.4) is 0 Å². The number of carbonyl (C=O) groups excluding carboxylic acids is 2. The summed E-state index contributed by atoms with van der Waals surface area (Å²) in [7, 11) is 0. The average Bonchev–Trinajstić information content (AvgIpc) is 3.50. The molecular formula is C24H21Cl2N3O3. The van der Waals surface area contributed by atoms with Crippen LogP contribution in [0, 0.1) is 11.8 Å². The number of carbonyl (C=O) groups is 2. The molecule has 0 saturated heterocycles. The van der Waals surface area contributed by atoms with Crippen LogP contribution in [-0.2, 0) is 11.3 Å². The van der Waals surface area contributed by atoms with Gasteiger partial charge in [-0.15, -0.1) is 0 Å². The summed E-state index contributed by atoms with van der Waals surface area (Å²) < 4.78 is 1.48. The Morgan fingerprint density at radius 3 is 2.31 bits per heavy atom. The Kier molecular flexibility index (Phi) is 6.35. The van der Waals surface area contributed by atoms with Gasteiger partial charge in [-0.1, -0.05) is 36.2 Å². The first-order valence-electron chi connectivity index (χ1n) is 10.2. The maximum atomic E-state index is 12.6. The molecule has 1 aliphatic rings. The molecular weight excluding hydrogens is 449 g/mol. The summed E-state index contributed by atoms with van der Waals surface area (Å²) in [5.41, 5.74) is 2.17. The first kappa shape index (κ1) is 22.1. The highest BCUT2D eigenvalue weighted by molar-refractivity contribution is 6.42. The van der Waals surface area contributed by atoms with E-state index in [4.69, 9.17) is 23.2 Å². The van der Waals surface area contributed by atoms with E-state index in [0.717, 1.165) is 12.0 Å². The summed E-state index contributed by atoms with van der Waals surface area (Å²) in [5, 5.41) is 6.51. The van der Waals surface area contributed by atoms with Crippen molar-refractivity contribution in [2.24, 2.45) is 11.8 Å². The number of halogens is 2. The number of nitrogens with zero attached hydrogens (tertiary/aromatic N) is 1. The summed E-state index contributed by atoms with van der Waals surface area (Å²) in [6.07, 6.45) is 2.49. The highest BCUT2D eigenvalue weighted by Crippen LogP contribution is 2.38. The SMILES string of the molecule is CC1CC1C(=O)Nc1ccc(C(=O)Nc2ccc(=O)n(Cc3ccc(Cl)c(Cl)c3)c2)cc1. The molecule has 32 heavy (non-hydrogen) atoms. The maximum Gasteiger partial charge on any atom is 0.255 e. The number of benzene rings is 2. The van der Waals surface area contributed by atoms with E-state index in [9.17, 15) is 14.4 Å². The van der Waals surface area contributed by atoms with Crippen LogP contribution in [0.25, 0.3) is 0 Å². The van der Waals surface area contributed by atoms with Gasteiger partial charge in [-0.3, -0.25) is 14.4 Å². The fourth-order valence-corrected chi connectivity index (χ4v) is 3.71. The van der Waals surface area contributed by atoms with Crippen LogP contribution in [0.4, 0.5) is 11.4 Å². The Bertz CT molecular complexity index is 1240. The predicted molar refractivity (Wildman–Crippen MR) is 127 cm³/mol. The van der Waals surface area contributed by atoms with Crippen LogP contribution in [0.15, 0.2) is 65.6 Å². The molecule has 0 radical (unpaired) electrons. The van der Waals surface area contributed by atoms with Crippen molar-refractivity contribution in [3.05, 3.63) is 92.3 Å². The Labute approximate surface area is 195 Å². The largest absolute Gasteiger partial charge is 0.326 e. The molecule has 6 nitrogen and oxygen atoms in total. The lowest BCUT2D eigenvalue weighted by Crippen LogP contribution is -2.21. The third-order valence-corrected chi connectivity index (χ3v) is 6.18. The maximum absolute atomic E-state index is 12.6. The molecule has 1 aromatic heterocycles. The number of hydrogen-bond acceptors (Lipinski definition) is 3. The molecule has 2 unspecified atom stereocenters. The van der Waals surface area contributed by atoms with Crippen LogP contribution in [-0.4, -0.2) is 16.4 Å². The number of anilines is 2. The second kappa shape index (κ2) is 9.18. The number of nitrogens with one attached hydrogen (secondary N) is 2. The normalized spacial score (nSPS) is 17.0. The minimum atomic E-state index is -0.321. The number of aromatic nitrogens is 1. The van der Waals surface area contributed by atoms with Crippen LogP contribution in [0.2, 0.25) is 10.0 Å². The number of hydrogen-bond donors (Lipinski definition) is 2. The van der Waals surface area contributed by atoms with Crippen molar-refractivity contribution in [1.29, 1.82) is 0 Å². The molecule has 1 aliphatic carbocycles. The smallest absolute Gasteiger partial charge is 0.255 e. The second-order valence-electron chi connectivity index (χ2n) is 7.97. The lowest BCUT2D eigenvalue weighted by atomic mass is 10.2. The molecule has 8 heteroatoms. The first-order valence-corrected chi connectivity index (χ1v) is 10.9. The van der Waals surface area contributed by atoms with E-state index < -0.39 is 0 Å². The summed E-state index contributed by atoms with van der Waals surface area (Å²) in [4.78, 5) is 36.9. The van der Waals surface area contributed by atoms with Crippen molar-refractivity contribution >= 4 is 46.4 Å². The average molecular weight is 470 g/mol. The van der Waals surface area contributed by atoms with Gasteiger partial charge in [-0.05, 0) is 60.4 Å². The summed E-state index contributed by atoms with van der Waals surface area (Å²) in [6.45, 7) is 2.33. The van der Waals surface area contributed by atoms with E-state index in [2.05, 4.69) is 10.6 Å². The summed E-state index contributed by atoms with van der Waals surface area (Å²) >= 11 is 12.0. The summed E-state index contributed by atoms with van der Waals surface area (Å²) in [6, 6.07) is 14.8. The fourth-order valence-electron chi connectivity index (χ4n) is 3.39. The van der Waals surface area contributed by atoms with Gasteiger partial charge in [0, 0.05) is 29.4 Å². The molecule has 2 amide bonds. The lowest BCUT2D eigenvalue weighted by Gasteiger charge is -2.11. The molecule has 1 fully saturated rings. The molecule has 2 atom stereocenters. The van der Waals surface area contributed by atoms with Gasteiger partial charge in [-0.2, -0.15) is 0 Å². The number of pyridine rings is 1. The topological polar surface area (TPSA) is 80.2 Å². The molecule has 0 spiro atoms. The number of rotatable bonds is 6. The van der Waals surface area contributed by atoms with Crippen LogP contribution in [0.1, 0.15) is 29.3 Å². The van der Waals surface area contributed by atoms with Gasteiger partial charge in [-0.25, -0.2) is 0 Å². The summed E-state index contributed by atoms with van der Waals surface area (Å²) in [5.74, 6) is 0.204. The first-order chi connectivity index (χ1) is 15.3. The Hall–Kier alpha value is -3.09. The van der Waals surface area contributed by atoms with Gasteiger partial charge >= 0.3 is 0 Å². The zero-order chi connectivity index (χ0) is 22.8. The zero-order valence-electron chi connectivity index (χ0n) is 17.3. The second-order valence-corrected chi connectivity index (χ2v) is 8.79. The third kappa shape index (κ3) is 5.21. The quantitative estimate of drug-likeness (QED) is 0.529. The molecule has 0 bridgehead atoms. The Balaban J connectivity index is 1.42. The predicted octanol–water partition coefficient (Wildman–Crippen LogP) is 5.05. The molecule has 1 heterocycles. The highest BCUT2D eigenvalue weighted by Gasteiger charge is 2.39. The van der Waals surface area contributed by atoms with Gasteiger partial charge in [0.15, 0.2) is 0 Å². The molecule has 3 aromatic rings. The van der Waals surface area contributed by atoms with E-state index in [1.54, 1.807) is 54.7 Å². The van der Waals surface area contributed by atoms with Gasteiger partial charge in [0.25, 0.3) is 11.5 Å². The van der Waals surface area contributed by atoms with E-state index in [1.807, 2.05) is 6.92 Å². The van der Waals surface area contributed by atoms with Gasteiger partial charge in [0.05, 0.1) is 22.3 Å². The molecule has 4 rings (SSSR count).